The first-order valence-corrected chi connectivity index (χ1v) is 5.30. The van der Waals surface area contributed by atoms with Gasteiger partial charge in [-0.3, -0.25) is 5.43 Å². The van der Waals surface area contributed by atoms with Gasteiger partial charge in [-0.1, -0.05) is 0 Å². The fraction of sp³-hybridized carbons (Fsp3) is 0.300. The third kappa shape index (κ3) is 5.46. The monoisotopic (exact) mass is 274 g/mol. The van der Waals surface area contributed by atoms with Gasteiger partial charge in [-0.2, -0.15) is 9.67 Å². The van der Waals surface area contributed by atoms with Gasteiger partial charge in [0.1, 0.15) is 13.3 Å². The van der Waals surface area contributed by atoms with E-state index in [4.69, 9.17) is 12.2 Å². The molecule has 0 radical (unpaired) electrons. The molecule has 0 spiro atoms. The van der Waals surface area contributed by atoms with E-state index in [2.05, 4.69) is 15.8 Å². The minimum atomic E-state index is 0. The number of nitrogens with zero attached hydrogens (tertiary/aromatic N) is 2. The summed E-state index contributed by atoms with van der Waals surface area (Å²) in [4.78, 5) is 0. The maximum atomic E-state index is 9.21. The molecular weight excluding hydrogens is 260 g/mol. The Morgan fingerprint density at radius 3 is 2.88 bits per heavy atom. The number of rotatable bonds is 3. The molecule has 1 rings (SSSR count). The molecule has 0 unspecified atom stereocenters. The summed E-state index contributed by atoms with van der Waals surface area (Å²) in [6.07, 6.45) is 3.23. The Kier molecular flexibility index (Phi) is 7.16. The summed E-state index contributed by atoms with van der Waals surface area (Å²) in [5.74, 6) is 0.218. The molecule has 0 aromatic carbocycles. The van der Waals surface area contributed by atoms with Crippen LogP contribution in [0.5, 0.6) is 5.75 Å². The van der Waals surface area contributed by atoms with Crippen molar-refractivity contribution < 1.29 is 22.1 Å². The molecule has 1 aromatic heterocycles. The number of thiocarbonyl (C=S) groups is 1. The fourth-order valence-corrected chi connectivity index (χ4v) is 1.29. The van der Waals surface area contributed by atoms with E-state index >= 15 is 0 Å². The van der Waals surface area contributed by atoms with Crippen LogP contribution < -0.4 is 27.7 Å². The molecule has 0 bridgehead atoms. The van der Waals surface area contributed by atoms with E-state index in [1.807, 2.05) is 14.0 Å². The summed E-state index contributed by atoms with van der Waals surface area (Å²) in [6.45, 7) is 2.71. The normalized spacial score (nSPS) is 9.76. The molecule has 0 amide bonds. The number of halogens is 1. The quantitative estimate of drug-likeness (QED) is 0.239. The molecule has 0 aliphatic carbocycles. The van der Waals surface area contributed by atoms with E-state index in [0.29, 0.717) is 5.11 Å². The average Bonchev–Trinajstić information content (AvgIpc) is 2.22. The number of aromatic nitrogens is 1. The fourth-order valence-electron chi connectivity index (χ4n) is 1.10. The molecule has 0 atom stereocenters. The van der Waals surface area contributed by atoms with Gasteiger partial charge in [0.2, 0.25) is 11.9 Å². The molecule has 7 heteroatoms. The maximum absolute atomic E-state index is 9.21. The second-order valence-corrected chi connectivity index (χ2v) is 3.56. The van der Waals surface area contributed by atoms with Crippen molar-refractivity contribution in [3.63, 3.8) is 0 Å². The number of aryl methyl sites for hydroxylation is 1. The molecule has 0 saturated heterocycles. The standard InChI is InChI=1S/C10H14N4OS.ClH/c1-3-11-10(16)13-12-6-8-4-5-9(15)7-14(8)2;/h4-7H,3H2,1-2H3,(H2,11,15,16);1H. The van der Waals surface area contributed by atoms with Crippen LogP contribution in [0.15, 0.2) is 23.4 Å². The highest BCUT2D eigenvalue weighted by atomic mass is 35.5. The highest BCUT2D eigenvalue weighted by Gasteiger charge is 2.03. The minimum absolute atomic E-state index is 0. The number of nitrogens with one attached hydrogen (secondary N) is 2. The van der Waals surface area contributed by atoms with Gasteiger partial charge in [-0.25, -0.2) is 0 Å². The highest BCUT2D eigenvalue weighted by Crippen LogP contribution is 2.02. The zero-order valence-electron chi connectivity index (χ0n) is 9.64. The Hall–Kier alpha value is -1.40. The zero-order valence-corrected chi connectivity index (χ0v) is 11.2. The van der Waals surface area contributed by atoms with Crippen LogP contribution in [0.2, 0.25) is 0 Å². The third-order valence-electron chi connectivity index (χ3n) is 1.86. The molecule has 0 aliphatic rings. The molecule has 0 aliphatic heterocycles. The number of hydrogen-bond acceptors (Lipinski definition) is 3. The predicted octanol–water partition coefficient (Wildman–Crippen LogP) is -2.96. The van der Waals surface area contributed by atoms with Crippen LogP contribution in [-0.4, -0.2) is 23.0 Å². The van der Waals surface area contributed by atoms with E-state index in [-0.39, 0.29) is 18.2 Å². The lowest BCUT2D eigenvalue weighted by atomic mass is 10.3. The van der Waals surface area contributed by atoms with Crippen molar-refractivity contribution in [3.8, 4) is 5.75 Å². The van der Waals surface area contributed by atoms with Crippen LogP contribution in [0, 0.1) is 0 Å². The first-order valence-electron chi connectivity index (χ1n) is 4.89. The minimum Gasteiger partial charge on any atom is -1.00 e. The molecule has 17 heavy (non-hydrogen) atoms. The summed E-state index contributed by atoms with van der Waals surface area (Å²) in [5, 5.41) is 16.6. The third-order valence-corrected chi connectivity index (χ3v) is 2.09. The van der Waals surface area contributed by atoms with E-state index < -0.39 is 0 Å². The molecule has 1 heterocycles. The van der Waals surface area contributed by atoms with Crippen molar-refractivity contribution >= 4 is 23.5 Å². The SMILES string of the molecule is CCNC(=S)NN=Cc1ccc(O)c[n+]1C.[Cl-]. The lowest BCUT2D eigenvalue weighted by Gasteiger charge is -2.02. The van der Waals surface area contributed by atoms with Gasteiger partial charge in [0, 0.05) is 12.6 Å². The summed E-state index contributed by atoms with van der Waals surface area (Å²) in [6, 6.07) is 3.36. The van der Waals surface area contributed by atoms with Gasteiger partial charge < -0.3 is 22.8 Å². The van der Waals surface area contributed by atoms with Gasteiger partial charge in [-0.15, -0.1) is 0 Å². The maximum Gasteiger partial charge on any atom is 0.225 e. The first kappa shape index (κ1) is 15.6. The Morgan fingerprint density at radius 2 is 2.29 bits per heavy atom. The number of aromatic hydroxyl groups is 1. The number of hydrogen-bond donors (Lipinski definition) is 3. The lowest BCUT2D eigenvalue weighted by Crippen LogP contribution is -3.00. The summed E-state index contributed by atoms with van der Waals surface area (Å²) >= 11 is 4.94. The number of pyridine rings is 1. The first-order chi connectivity index (χ1) is 7.63. The van der Waals surface area contributed by atoms with Gasteiger partial charge in [0.15, 0.2) is 10.9 Å². The van der Waals surface area contributed by atoms with Gasteiger partial charge >= 0.3 is 0 Å². The van der Waals surface area contributed by atoms with Gasteiger partial charge in [-0.05, 0) is 25.2 Å². The second-order valence-electron chi connectivity index (χ2n) is 3.15. The van der Waals surface area contributed by atoms with Crippen molar-refractivity contribution in [2.45, 2.75) is 6.92 Å². The Labute approximate surface area is 112 Å². The molecule has 1 aromatic rings. The van der Waals surface area contributed by atoms with Crippen molar-refractivity contribution in [2.24, 2.45) is 12.1 Å². The van der Waals surface area contributed by atoms with Gasteiger partial charge in [0.05, 0.1) is 0 Å². The van der Waals surface area contributed by atoms with Crippen molar-refractivity contribution in [2.75, 3.05) is 6.54 Å². The smallest absolute Gasteiger partial charge is 0.225 e. The van der Waals surface area contributed by atoms with E-state index in [1.165, 1.54) is 0 Å². The second kappa shape index (κ2) is 7.81. The highest BCUT2D eigenvalue weighted by molar-refractivity contribution is 7.80. The number of hydrazone groups is 1. The van der Waals surface area contributed by atoms with Crippen LogP contribution in [-0.2, 0) is 7.05 Å². The van der Waals surface area contributed by atoms with Crippen LogP contribution in [0.4, 0.5) is 0 Å². The molecule has 0 saturated carbocycles. The van der Waals surface area contributed by atoms with Gasteiger partial charge in [0.25, 0.3) is 0 Å². The lowest BCUT2D eigenvalue weighted by molar-refractivity contribution is -0.672. The molecule has 94 valence electrons. The zero-order chi connectivity index (χ0) is 12.0. The van der Waals surface area contributed by atoms with E-state index in [0.717, 1.165) is 12.2 Å². The molecule has 0 fully saturated rings. The Balaban J connectivity index is 0.00000256. The van der Waals surface area contributed by atoms with Crippen LogP contribution in [0.1, 0.15) is 12.6 Å². The largest absolute Gasteiger partial charge is 1.00 e. The van der Waals surface area contributed by atoms with Crippen molar-refractivity contribution in [3.05, 3.63) is 24.0 Å². The van der Waals surface area contributed by atoms with Crippen molar-refractivity contribution in [1.29, 1.82) is 0 Å². The molecule has 3 N–H and O–H groups in total. The van der Waals surface area contributed by atoms with Crippen molar-refractivity contribution in [1.82, 2.24) is 10.7 Å². The van der Waals surface area contributed by atoms with Crippen LogP contribution in [0.25, 0.3) is 0 Å². The average molecular weight is 275 g/mol. The molecular formula is C10H15ClN4OS. The molecule has 5 nitrogen and oxygen atoms in total. The Bertz CT molecular complexity index is 411. The summed E-state index contributed by atoms with van der Waals surface area (Å²) in [5.41, 5.74) is 3.54. The van der Waals surface area contributed by atoms with Crippen LogP contribution >= 0.6 is 12.2 Å². The van der Waals surface area contributed by atoms with Crippen LogP contribution in [0.3, 0.4) is 0 Å². The van der Waals surface area contributed by atoms with E-state index in [1.54, 1.807) is 29.1 Å². The van der Waals surface area contributed by atoms with E-state index in [9.17, 15) is 5.11 Å². The predicted molar refractivity (Wildman–Crippen MR) is 66.3 cm³/mol. The summed E-state index contributed by atoms with van der Waals surface area (Å²) in [7, 11) is 1.82. The Morgan fingerprint density at radius 1 is 1.59 bits per heavy atom. The summed E-state index contributed by atoms with van der Waals surface area (Å²) < 4.78 is 1.76. The topological polar surface area (TPSA) is 60.5 Å².